The molecule has 2 aromatic carbocycles. The number of hydrogen-bond acceptors (Lipinski definition) is 4. The maximum absolute atomic E-state index is 13.6. The fraction of sp³-hybridized carbons (Fsp3) is 0.429. The summed E-state index contributed by atoms with van der Waals surface area (Å²) in [4.78, 5) is 54.0. The summed E-state index contributed by atoms with van der Waals surface area (Å²) in [5.41, 5.74) is 1.26. The Morgan fingerprint density at radius 3 is 2.11 bits per heavy atom. The number of carbonyl (C=O) groups excluding carboxylic acids is 3. The van der Waals surface area contributed by atoms with E-state index in [1.54, 1.807) is 29.2 Å². The summed E-state index contributed by atoms with van der Waals surface area (Å²) in [5.74, 6) is -1.81. The molecule has 0 aliphatic heterocycles. The van der Waals surface area contributed by atoms with E-state index in [1.165, 1.54) is 4.90 Å². The van der Waals surface area contributed by atoms with Gasteiger partial charge >= 0.3 is 12.0 Å². The van der Waals surface area contributed by atoms with E-state index < -0.39 is 23.9 Å². The Bertz CT molecular complexity index is 1010. The zero-order valence-corrected chi connectivity index (χ0v) is 21.9. The Balaban J connectivity index is 2.24. The van der Waals surface area contributed by atoms with Gasteiger partial charge in [0.1, 0.15) is 12.6 Å². The highest BCUT2D eigenvalue weighted by Gasteiger charge is 2.30. The summed E-state index contributed by atoms with van der Waals surface area (Å²) in [5, 5.41) is 14.5. The third-order valence-corrected chi connectivity index (χ3v) is 5.77. The van der Waals surface area contributed by atoms with Crippen molar-refractivity contribution < 1.29 is 24.3 Å². The van der Waals surface area contributed by atoms with Crippen LogP contribution in [0.25, 0.3) is 0 Å². The predicted octanol–water partition coefficient (Wildman–Crippen LogP) is 4.50. The van der Waals surface area contributed by atoms with Gasteiger partial charge in [-0.1, -0.05) is 56.2 Å². The minimum atomic E-state index is -1.10. The van der Waals surface area contributed by atoms with Gasteiger partial charge in [-0.2, -0.15) is 0 Å². The van der Waals surface area contributed by atoms with Crippen molar-refractivity contribution in [1.82, 2.24) is 10.2 Å². The molecular formula is C28H38N4O5. The lowest BCUT2D eigenvalue weighted by Gasteiger charge is -2.32. The topological polar surface area (TPSA) is 119 Å². The molecule has 37 heavy (non-hydrogen) atoms. The molecule has 0 saturated heterocycles. The van der Waals surface area contributed by atoms with E-state index in [0.717, 1.165) is 18.5 Å². The lowest BCUT2D eigenvalue weighted by Crippen LogP contribution is -2.53. The molecule has 0 aromatic heterocycles. The van der Waals surface area contributed by atoms with Crippen molar-refractivity contribution in [1.29, 1.82) is 0 Å². The molecule has 0 heterocycles. The number of benzene rings is 2. The van der Waals surface area contributed by atoms with E-state index >= 15 is 0 Å². The minimum Gasteiger partial charge on any atom is -0.481 e. The van der Waals surface area contributed by atoms with Crippen LogP contribution < -0.4 is 15.5 Å². The van der Waals surface area contributed by atoms with Gasteiger partial charge in [-0.25, -0.2) is 4.79 Å². The Kier molecular flexibility index (Phi) is 12.1. The molecular weight excluding hydrogens is 472 g/mol. The smallest absolute Gasteiger partial charge is 0.319 e. The van der Waals surface area contributed by atoms with Crippen LogP contribution in [0.1, 0.15) is 52.9 Å². The Morgan fingerprint density at radius 2 is 1.54 bits per heavy atom. The molecule has 0 fully saturated rings. The first kappa shape index (κ1) is 29.4. The number of anilines is 2. The van der Waals surface area contributed by atoms with Crippen LogP contribution in [0.15, 0.2) is 60.7 Å². The normalized spacial score (nSPS) is 11.5. The molecule has 0 aliphatic rings. The molecule has 200 valence electrons. The molecule has 0 radical (unpaired) electrons. The number of nitrogens with zero attached hydrogens (tertiary/aromatic N) is 2. The van der Waals surface area contributed by atoms with Gasteiger partial charge in [0.25, 0.3) is 0 Å². The third-order valence-electron chi connectivity index (χ3n) is 5.77. The number of carbonyl (C=O) groups is 4. The molecule has 4 amide bonds. The largest absolute Gasteiger partial charge is 0.481 e. The van der Waals surface area contributed by atoms with Crippen molar-refractivity contribution in [3.05, 3.63) is 60.7 Å². The quantitative estimate of drug-likeness (QED) is 0.323. The SMILES string of the molecule is CCCCCN(CC(=O)N(c1ccccc1)C(C)C)C(=O)C(CCC(=O)O)NC(=O)Nc1ccccc1. The summed E-state index contributed by atoms with van der Waals surface area (Å²) in [6.45, 7) is 5.99. The molecule has 9 nitrogen and oxygen atoms in total. The van der Waals surface area contributed by atoms with E-state index in [-0.39, 0.29) is 31.3 Å². The molecule has 2 rings (SSSR count). The number of amides is 4. The van der Waals surface area contributed by atoms with Crippen LogP contribution in [0, 0.1) is 0 Å². The predicted molar refractivity (Wildman–Crippen MR) is 144 cm³/mol. The number of aliphatic carboxylic acids is 1. The van der Waals surface area contributed by atoms with Gasteiger partial charge in [0.05, 0.1) is 0 Å². The zero-order valence-electron chi connectivity index (χ0n) is 21.9. The van der Waals surface area contributed by atoms with Crippen LogP contribution in [0.2, 0.25) is 0 Å². The summed E-state index contributed by atoms with van der Waals surface area (Å²) in [7, 11) is 0. The van der Waals surface area contributed by atoms with E-state index in [4.69, 9.17) is 0 Å². The first-order valence-corrected chi connectivity index (χ1v) is 12.7. The number of rotatable bonds is 14. The number of urea groups is 1. The van der Waals surface area contributed by atoms with Crippen molar-refractivity contribution in [3.8, 4) is 0 Å². The summed E-state index contributed by atoms with van der Waals surface area (Å²) < 4.78 is 0. The van der Waals surface area contributed by atoms with Gasteiger partial charge in [0.15, 0.2) is 0 Å². The molecule has 0 spiro atoms. The van der Waals surface area contributed by atoms with Crippen molar-refractivity contribution in [2.24, 2.45) is 0 Å². The average molecular weight is 511 g/mol. The first-order valence-electron chi connectivity index (χ1n) is 12.7. The average Bonchev–Trinajstić information content (AvgIpc) is 2.86. The first-order chi connectivity index (χ1) is 17.7. The number of carboxylic acids is 1. The van der Waals surface area contributed by atoms with Gasteiger partial charge in [-0.05, 0) is 51.0 Å². The van der Waals surface area contributed by atoms with Gasteiger partial charge in [-0.15, -0.1) is 0 Å². The van der Waals surface area contributed by atoms with Crippen LogP contribution in [-0.4, -0.2) is 59.0 Å². The van der Waals surface area contributed by atoms with Crippen LogP contribution in [0.4, 0.5) is 16.2 Å². The van der Waals surface area contributed by atoms with E-state index in [9.17, 15) is 24.3 Å². The highest BCUT2D eigenvalue weighted by Crippen LogP contribution is 2.18. The number of nitrogens with one attached hydrogen (secondary N) is 2. The summed E-state index contributed by atoms with van der Waals surface area (Å²) in [6.07, 6.45) is 2.08. The lowest BCUT2D eigenvalue weighted by molar-refractivity contribution is -0.139. The van der Waals surface area contributed by atoms with Crippen LogP contribution >= 0.6 is 0 Å². The fourth-order valence-electron chi connectivity index (χ4n) is 3.97. The summed E-state index contributed by atoms with van der Waals surface area (Å²) in [6, 6.07) is 16.1. The molecule has 3 N–H and O–H groups in total. The van der Waals surface area contributed by atoms with Gasteiger partial charge in [-0.3, -0.25) is 14.4 Å². The maximum Gasteiger partial charge on any atom is 0.319 e. The van der Waals surface area contributed by atoms with Crippen LogP contribution in [0.5, 0.6) is 0 Å². The summed E-state index contributed by atoms with van der Waals surface area (Å²) >= 11 is 0. The van der Waals surface area contributed by atoms with Gasteiger partial charge in [0.2, 0.25) is 11.8 Å². The van der Waals surface area contributed by atoms with E-state index in [0.29, 0.717) is 18.7 Å². The molecule has 1 atom stereocenters. The van der Waals surface area contributed by atoms with E-state index in [2.05, 4.69) is 10.6 Å². The number of para-hydroxylation sites is 2. The molecule has 0 saturated carbocycles. The van der Waals surface area contributed by atoms with Crippen LogP contribution in [-0.2, 0) is 14.4 Å². The fourth-order valence-corrected chi connectivity index (χ4v) is 3.97. The lowest BCUT2D eigenvalue weighted by atomic mass is 10.1. The Morgan fingerprint density at radius 1 is 0.919 bits per heavy atom. The monoisotopic (exact) mass is 510 g/mol. The van der Waals surface area contributed by atoms with Crippen molar-refractivity contribution in [2.45, 2.75) is 65.0 Å². The third kappa shape index (κ3) is 9.95. The minimum absolute atomic E-state index is 0.0958. The molecule has 2 aromatic rings. The number of carboxylic acid groups (broad SMARTS) is 1. The highest BCUT2D eigenvalue weighted by atomic mass is 16.4. The maximum atomic E-state index is 13.6. The standard InChI is InChI=1S/C28H38N4O5/c1-4-5-12-19-31(20-25(33)32(21(2)3)23-15-10-7-11-16-23)27(36)24(17-18-26(34)35)30-28(37)29-22-13-8-6-9-14-22/h6-11,13-16,21,24H,4-5,12,17-20H2,1-3H3,(H,34,35)(H2,29,30,37). The second-order valence-electron chi connectivity index (χ2n) is 9.11. The second-order valence-corrected chi connectivity index (χ2v) is 9.11. The second kappa shape index (κ2) is 15.3. The van der Waals surface area contributed by atoms with Gasteiger partial charge < -0.3 is 25.5 Å². The van der Waals surface area contributed by atoms with Crippen molar-refractivity contribution in [3.63, 3.8) is 0 Å². The Labute approximate surface area is 218 Å². The number of unbranched alkanes of at least 4 members (excludes halogenated alkanes) is 2. The van der Waals surface area contributed by atoms with Crippen molar-refractivity contribution >= 4 is 35.2 Å². The van der Waals surface area contributed by atoms with Gasteiger partial charge in [0, 0.05) is 30.4 Å². The molecule has 9 heteroatoms. The molecule has 0 aliphatic carbocycles. The number of hydrogen-bond donors (Lipinski definition) is 3. The van der Waals surface area contributed by atoms with Crippen LogP contribution in [0.3, 0.4) is 0 Å². The Hall–Kier alpha value is -3.88. The highest BCUT2D eigenvalue weighted by molar-refractivity contribution is 5.99. The molecule has 0 bridgehead atoms. The van der Waals surface area contributed by atoms with Crippen molar-refractivity contribution in [2.75, 3.05) is 23.3 Å². The van der Waals surface area contributed by atoms with E-state index in [1.807, 2.05) is 57.2 Å². The zero-order chi connectivity index (χ0) is 27.2. The molecule has 1 unspecified atom stereocenters.